The van der Waals surface area contributed by atoms with Gasteiger partial charge in [0.1, 0.15) is 11.4 Å². The Kier molecular flexibility index (Phi) is 2.00. The van der Waals surface area contributed by atoms with E-state index in [0.29, 0.717) is 11.4 Å². The van der Waals surface area contributed by atoms with Gasteiger partial charge in [0.2, 0.25) is 0 Å². The van der Waals surface area contributed by atoms with E-state index in [1.54, 1.807) is 12.1 Å². The number of phenols is 1. The monoisotopic (exact) mass is 178 g/mol. The minimum atomic E-state index is 0.293. The highest BCUT2D eigenvalue weighted by atomic mass is 16.3. The number of nitrogen functional groups attached to an aromatic ring is 1. The van der Waals surface area contributed by atoms with E-state index in [1.165, 1.54) is 12.8 Å². The Bertz CT molecular complexity index is 286. The molecule has 1 aromatic rings. The summed E-state index contributed by atoms with van der Waals surface area (Å²) in [6.45, 7) is 2.00. The molecule has 1 heterocycles. The van der Waals surface area contributed by atoms with Gasteiger partial charge in [0.05, 0.1) is 5.69 Å². The molecule has 70 valence electrons. The zero-order valence-corrected chi connectivity index (χ0v) is 7.53. The summed E-state index contributed by atoms with van der Waals surface area (Å²) in [6, 6.07) is 5.28. The summed E-state index contributed by atoms with van der Waals surface area (Å²) in [6.07, 6.45) is 2.38. The maximum Gasteiger partial charge on any atom is 0.141 e. The second kappa shape index (κ2) is 3.17. The van der Waals surface area contributed by atoms with Crippen molar-refractivity contribution in [2.45, 2.75) is 12.8 Å². The summed E-state index contributed by atoms with van der Waals surface area (Å²) in [5.41, 5.74) is 7.27. The molecular weight excluding hydrogens is 164 g/mol. The van der Waals surface area contributed by atoms with E-state index in [9.17, 15) is 5.11 Å². The van der Waals surface area contributed by atoms with Gasteiger partial charge >= 0.3 is 0 Å². The fourth-order valence-electron chi connectivity index (χ4n) is 1.83. The third-order valence-electron chi connectivity index (χ3n) is 2.47. The third kappa shape index (κ3) is 1.41. The summed E-state index contributed by atoms with van der Waals surface area (Å²) in [5.74, 6) is 0.293. The number of hydrogen-bond acceptors (Lipinski definition) is 3. The van der Waals surface area contributed by atoms with Crippen molar-refractivity contribution in [1.29, 1.82) is 0 Å². The Balaban J connectivity index is 2.37. The number of rotatable bonds is 1. The predicted molar refractivity (Wildman–Crippen MR) is 54.0 cm³/mol. The maximum atomic E-state index is 9.63. The fourth-order valence-corrected chi connectivity index (χ4v) is 1.83. The van der Waals surface area contributed by atoms with Gasteiger partial charge in [0.25, 0.3) is 0 Å². The van der Waals surface area contributed by atoms with Crippen molar-refractivity contribution in [3.05, 3.63) is 18.2 Å². The van der Waals surface area contributed by atoms with Gasteiger partial charge in [-0.3, -0.25) is 0 Å². The topological polar surface area (TPSA) is 49.5 Å². The third-order valence-corrected chi connectivity index (χ3v) is 2.47. The van der Waals surface area contributed by atoms with Crippen molar-refractivity contribution in [3.63, 3.8) is 0 Å². The van der Waals surface area contributed by atoms with Crippen LogP contribution in [0.5, 0.6) is 5.75 Å². The molecule has 0 radical (unpaired) electrons. The Hall–Kier alpha value is -1.38. The van der Waals surface area contributed by atoms with Gasteiger partial charge in [-0.1, -0.05) is 6.07 Å². The minimum Gasteiger partial charge on any atom is -0.506 e. The first kappa shape index (κ1) is 8.23. The molecule has 3 N–H and O–H groups in total. The second-order valence-corrected chi connectivity index (χ2v) is 3.41. The van der Waals surface area contributed by atoms with Crippen LogP contribution in [0.3, 0.4) is 0 Å². The van der Waals surface area contributed by atoms with Gasteiger partial charge in [-0.25, -0.2) is 0 Å². The summed E-state index contributed by atoms with van der Waals surface area (Å²) in [7, 11) is 0. The molecule has 3 heteroatoms. The van der Waals surface area contributed by atoms with Crippen LogP contribution in [-0.4, -0.2) is 18.2 Å². The molecule has 0 spiro atoms. The van der Waals surface area contributed by atoms with Crippen molar-refractivity contribution >= 4 is 11.4 Å². The highest BCUT2D eigenvalue weighted by molar-refractivity contribution is 5.74. The normalized spacial score (nSPS) is 16.5. The number of nitrogens with zero attached hydrogens (tertiary/aromatic N) is 1. The van der Waals surface area contributed by atoms with Crippen LogP contribution in [0.15, 0.2) is 18.2 Å². The highest BCUT2D eigenvalue weighted by Crippen LogP contribution is 2.34. The van der Waals surface area contributed by atoms with Gasteiger partial charge in [-0.15, -0.1) is 0 Å². The SMILES string of the molecule is Nc1cccc(O)c1N1CCCC1. The molecule has 0 atom stereocenters. The van der Waals surface area contributed by atoms with Gasteiger partial charge in [-0.05, 0) is 25.0 Å². The molecule has 0 unspecified atom stereocenters. The van der Waals surface area contributed by atoms with E-state index in [4.69, 9.17) is 5.73 Å². The van der Waals surface area contributed by atoms with E-state index in [2.05, 4.69) is 4.90 Å². The van der Waals surface area contributed by atoms with Crippen LogP contribution in [0.25, 0.3) is 0 Å². The summed E-state index contributed by atoms with van der Waals surface area (Å²) >= 11 is 0. The molecular formula is C10H14N2O. The Morgan fingerprint density at radius 1 is 1.23 bits per heavy atom. The van der Waals surface area contributed by atoms with Crippen molar-refractivity contribution in [3.8, 4) is 5.75 Å². The molecule has 0 bridgehead atoms. The van der Waals surface area contributed by atoms with Crippen LogP contribution >= 0.6 is 0 Å². The van der Waals surface area contributed by atoms with E-state index in [0.717, 1.165) is 18.8 Å². The van der Waals surface area contributed by atoms with Crippen molar-refractivity contribution in [1.82, 2.24) is 0 Å². The standard InChI is InChI=1S/C10H14N2O/c11-8-4-3-5-9(13)10(8)12-6-1-2-7-12/h3-5,13H,1-2,6-7,11H2. The molecule has 3 nitrogen and oxygen atoms in total. The van der Waals surface area contributed by atoms with Crippen LogP contribution in [0.2, 0.25) is 0 Å². The van der Waals surface area contributed by atoms with Crippen LogP contribution < -0.4 is 10.6 Å². The molecule has 0 amide bonds. The zero-order chi connectivity index (χ0) is 9.26. The summed E-state index contributed by atoms with van der Waals surface area (Å²) in [5, 5.41) is 9.63. The van der Waals surface area contributed by atoms with Crippen LogP contribution in [0.1, 0.15) is 12.8 Å². The number of phenolic OH excluding ortho intramolecular Hbond substituents is 1. The molecule has 2 rings (SSSR count). The molecule has 0 aromatic heterocycles. The predicted octanol–water partition coefficient (Wildman–Crippen LogP) is 1.57. The molecule has 0 aliphatic carbocycles. The van der Waals surface area contributed by atoms with E-state index in [1.807, 2.05) is 6.07 Å². The van der Waals surface area contributed by atoms with E-state index in [-0.39, 0.29) is 0 Å². The lowest BCUT2D eigenvalue weighted by Crippen LogP contribution is -2.19. The van der Waals surface area contributed by atoms with Crippen LogP contribution in [0.4, 0.5) is 11.4 Å². The van der Waals surface area contributed by atoms with E-state index < -0.39 is 0 Å². The first-order valence-electron chi connectivity index (χ1n) is 4.61. The average molecular weight is 178 g/mol. The van der Waals surface area contributed by atoms with Crippen LogP contribution in [0, 0.1) is 0 Å². The molecule has 0 saturated carbocycles. The minimum absolute atomic E-state index is 0.293. The number of nitrogens with two attached hydrogens (primary N) is 1. The first-order chi connectivity index (χ1) is 6.29. The Labute approximate surface area is 77.8 Å². The largest absolute Gasteiger partial charge is 0.506 e. The zero-order valence-electron chi connectivity index (χ0n) is 7.53. The quantitative estimate of drug-likeness (QED) is 0.642. The molecule has 1 fully saturated rings. The van der Waals surface area contributed by atoms with Gasteiger partial charge in [0, 0.05) is 13.1 Å². The van der Waals surface area contributed by atoms with Crippen LogP contribution in [-0.2, 0) is 0 Å². The number of anilines is 2. The number of benzene rings is 1. The van der Waals surface area contributed by atoms with Crippen molar-refractivity contribution in [2.24, 2.45) is 0 Å². The molecule has 1 aliphatic heterocycles. The second-order valence-electron chi connectivity index (χ2n) is 3.41. The maximum absolute atomic E-state index is 9.63. The lowest BCUT2D eigenvalue weighted by atomic mass is 10.2. The summed E-state index contributed by atoms with van der Waals surface area (Å²) in [4.78, 5) is 2.14. The lowest BCUT2D eigenvalue weighted by molar-refractivity contribution is 0.475. The lowest BCUT2D eigenvalue weighted by Gasteiger charge is -2.20. The number of para-hydroxylation sites is 1. The van der Waals surface area contributed by atoms with Gasteiger partial charge in [0.15, 0.2) is 0 Å². The van der Waals surface area contributed by atoms with E-state index >= 15 is 0 Å². The fraction of sp³-hybridized carbons (Fsp3) is 0.400. The number of hydrogen-bond donors (Lipinski definition) is 2. The molecule has 1 aromatic carbocycles. The Morgan fingerprint density at radius 3 is 2.54 bits per heavy atom. The molecule has 1 aliphatic rings. The molecule has 1 saturated heterocycles. The van der Waals surface area contributed by atoms with Gasteiger partial charge in [-0.2, -0.15) is 0 Å². The molecule has 13 heavy (non-hydrogen) atoms. The highest BCUT2D eigenvalue weighted by Gasteiger charge is 2.17. The number of aromatic hydroxyl groups is 1. The van der Waals surface area contributed by atoms with Crippen molar-refractivity contribution < 1.29 is 5.11 Å². The first-order valence-corrected chi connectivity index (χ1v) is 4.61. The summed E-state index contributed by atoms with van der Waals surface area (Å²) < 4.78 is 0. The van der Waals surface area contributed by atoms with Crippen molar-refractivity contribution in [2.75, 3.05) is 23.7 Å². The van der Waals surface area contributed by atoms with Gasteiger partial charge < -0.3 is 15.7 Å². The average Bonchev–Trinajstić information content (AvgIpc) is 2.57. The Morgan fingerprint density at radius 2 is 1.92 bits per heavy atom. The smallest absolute Gasteiger partial charge is 0.141 e.